The average Bonchev–Trinajstić information content (AvgIpc) is 3.48. The van der Waals surface area contributed by atoms with E-state index in [4.69, 9.17) is 20.4 Å². The Morgan fingerprint density at radius 3 is 2.84 bits per heavy atom. The summed E-state index contributed by atoms with van der Waals surface area (Å²) in [5, 5.41) is 15.1. The highest BCUT2D eigenvalue weighted by Gasteiger charge is 2.24. The lowest BCUT2D eigenvalue weighted by Crippen LogP contribution is -2.45. The predicted octanol–water partition coefficient (Wildman–Crippen LogP) is 3.61. The molecule has 1 saturated heterocycles. The first-order chi connectivity index (χ1) is 15.7. The van der Waals surface area contributed by atoms with Crippen LogP contribution >= 0.6 is 0 Å². The number of ether oxygens (including phenoxy) is 1. The minimum atomic E-state index is 0.311. The molecular weight excluding hydrogens is 404 g/mol. The van der Waals surface area contributed by atoms with Gasteiger partial charge in [-0.15, -0.1) is 0 Å². The third-order valence-electron chi connectivity index (χ3n) is 6.63. The van der Waals surface area contributed by atoms with Gasteiger partial charge in [-0.05, 0) is 31.4 Å². The minimum absolute atomic E-state index is 0.311. The number of aromatic amines is 1. The fraction of sp³-hybridized carbons (Fsp3) is 0.522. The number of nitrogens with two attached hydrogens (primary N) is 1. The molecule has 2 aliphatic rings. The molecule has 2 fully saturated rings. The van der Waals surface area contributed by atoms with Crippen LogP contribution in [-0.2, 0) is 4.74 Å². The maximum absolute atomic E-state index is 6.20. The van der Waals surface area contributed by atoms with Crippen molar-refractivity contribution < 1.29 is 4.74 Å². The minimum Gasteiger partial charge on any atom is -0.382 e. The molecule has 3 heterocycles. The van der Waals surface area contributed by atoms with Crippen molar-refractivity contribution in [3.63, 3.8) is 0 Å². The first-order valence-corrected chi connectivity index (χ1v) is 11.6. The van der Waals surface area contributed by atoms with Crippen molar-refractivity contribution in [2.75, 3.05) is 48.1 Å². The Morgan fingerprint density at radius 1 is 1.22 bits per heavy atom. The molecule has 0 radical (unpaired) electrons. The number of H-pyrrole nitrogens is 1. The van der Waals surface area contributed by atoms with Crippen molar-refractivity contribution in [2.24, 2.45) is 0 Å². The van der Waals surface area contributed by atoms with Gasteiger partial charge in [0, 0.05) is 37.0 Å². The van der Waals surface area contributed by atoms with Gasteiger partial charge in [0.2, 0.25) is 5.95 Å². The van der Waals surface area contributed by atoms with E-state index in [9.17, 15) is 0 Å². The van der Waals surface area contributed by atoms with Gasteiger partial charge in [-0.1, -0.05) is 19.8 Å². The standard InChI is InChI=1S/C23H32N8O/c1-3-16-13-32-9-8-31(16)20-12-17(27-23(25-2)28-20)14-10-18(26-15-6-4-5-7-15)21-19(11-14)29-30-22(21)24/h10-12,15-16,26H,3-9,13H2,1-2H3,(H3,24,29,30)(H,25,27,28). The Kier molecular flexibility index (Phi) is 5.73. The number of nitrogens with zero attached hydrogens (tertiary/aromatic N) is 4. The molecule has 1 atom stereocenters. The number of anilines is 4. The van der Waals surface area contributed by atoms with Gasteiger partial charge in [0.1, 0.15) is 5.82 Å². The molecule has 3 aromatic rings. The molecule has 5 N–H and O–H groups in total. The zero-order valence-corrected chi connectivity index (χ0v) is 18.8. The SMILES string of the molecule is CCC1COCCN1c1cc(-c2cc(NC3CCCC3)c3c(N)n[nH]c3c2)nc(NC)n1. The van der Waals surface area contributed by atoms with E-state index in [0.29, 0.717) is 30.5 Å². The molecule has 0 bridgehead atoms. The van der Waals surface area contributed by atoms with Crippen LogP contribution in [0.25, 0.3) is 22.2 Å². The number of benzene rings is 1. The maximum Gasteiger partial charge on any atom is 0.224 e. The second-order valence-electron chi connectivity index (χ2n) is 8.70. The van der Waals surface area contributed by atoms with E-state index in [-0.39, 0.29) is 0 Å². The average molecular weight is 437 g/mol. The smallest absolute Gasteiger partial charge is 0.224 e. The molecule has 0 amide bonds. The Labute approximate surface area is 188 Å². The van der Waals surface area contributed by atoms with E-state index in [1.807, 2.05) is 7.05 Å². The molecule has 1 saturated carbocycles. The van der Waals surface area contributed by atoms with Crippen LogP contribution in [-0.4, -0.2) is 59.1 Å². The Bertz CT molecular complexity index is 1090. The number of hydrogen-bond donors (Lipinski definition) is 4. The normalized spacial score (nSPS) is 19.6. The summed E-state index contributed by atoms with van der Waals surface area (Å²) in [6.07, 6.45) is 5.89. The lowest BCUT2D eigenvalue weighted by Gasteiger charge is -2.36. The zero-order chi connectivity index (χ0) is 22.1. The summed E-state index contributed by atoms with van der Waals surface area (Å²) in [4.78, 5) is 11.9. The molecule has 9 nitrogen and oxygen atoms in total. The number of rotatable bonds is 6. The first-order valence-electron chi connectivity index (χ1n) is 11.6. The highest BCUT2D eigenvalue weighted by molar-refractivity contribution is 6.02. The lowest BCUT2D eigenvalue weighted by atomic mass is 10.1. The molecule has 9 heteroatoms. The summed E-state index contributed by atoms with van der Waals surface area (Å²) in [7, 11) is 1.85. The molecule has 1 aromatic carbocycles. The van der Waals surface area contributed by atoms with Crippen LogP contribution < -0.4 is 21.3 Å². The van der Waals surface area contributed by atoms with Gasteiger partial charge in [0.15, 0.2) is 5.82 Å². The Hall–Kier alpha value is -3.07. The van der Waals surface area contributed by atoms with E-state index in [2.05, 4.69) is 50.9 Å². The zero-order valence-electron chi connectivity index (χ0n) is 18.8. The predicted molar refractivity (Wildman–Crippen MR) is 129 cm³/mol. The third-order valence-corrected chi connectivity index (χ3v) is 6.63. The fourth-order valence-electron chi connectivity index (χ4n) is 4.87. The lowest BCUT2D eigenvalue weighted by molar-refractivity contribution is 0.0926. The first kappa shape index (κ1) is 20.8. The Morgan fingerprint density at radius 2 is 2.06 bits per heavy atom. The van der Waals surface area contributed by atoms with Crippen LogP contribution in [0.1, 0.15) is 39.0 Å². The second-order valence-corrected chi connectivity index (χ2v) is 8.70. The molecule has 1 unspecified atom stereocenters. The number of aromatic nitrogens is 4. The van der Waals surface area contributed by atoms with Gasteiger partial charge in [0.05, 0.1) is 35.9 Å². The molecule has 32 heavy (non-hydrogen) atoms. The number of nitrogen functional groups attached to an aromatic ring is 1. The third kappa shape index (κ3) is 3.92. The van der Waals surface area contributed by atoms with Gasteiger partial charge in [-0.2, -0.15) is 10.1 Å². The van der Waals surface area contributed by atoms with Gasteiger partial charge in [-0.3, -0.25) is 5.10 Å². The fourth-order valence-corrected chi connectivity index (χ4v) is 4.87. The van der Waals surface area contributed by atoms with Gasteiger partial charge >= 0.3 is 0 Å². The highest BCUT2D eigenvalue weighted by atomic mass is 16.5. The maximum atomic E-state index is 6.20. The topological polar surface area (TPSA) is 117 Å². The van der Waals surface area contributed by atoms with Crippen molar-refractivity contribution >= 4 is 34.2 Å². The van der Waals surface area contributed by atoms with Gasteiger partial charge in [-0.25, -0.2) is 4.98 Å². The van der Waals surface area contributed by atoms with Crippen molar-refractivity contribution in [3.8, 4) is 11.3 Å². The number of fused-ring (bicyclic) bond motifs is 1. The summed E-state index contributed by atoms with van der Waals surface area (Å²) >= 11 is 0. The second kappa shape index (κ2) is 8.82. The molecule has 0 spiro atoms. The highest BCUT2D eigenvalue weighted by Crippen LogP contribution is 2.36. The van der Waals surface area contributed by atoms with Crippen molar-refractivity contribution in [2.45, 2.75) is 51.1 Å². The molecule has 5 rings (SSSR count). The largest absolute Gasteiger partial charge is 0.382 e. The quantitative estimate of drug-likeness (QED) is 0.463. The van der Waals surface area contributed by atoms with Crippen LogP contribution in [0.4, 0.5) is 23.3 Å². The number of nitrogens with one attached hydrogen (secondary N) is 3. The van der Waals surface area contributed by atoms with Crippen molar-refractivity contribution in [1.82, 2.24) is 20.2 Å². The monoisotopic (exact) mass is 436 g/mol. The molecular formula is C23H32N8O. The van der Waals surface area contributed by atoms with E-state index < -0.39 is 0 Å². The summed E-state index contributed by atoms with van der Waals surface area (Å²) < 4.78 is 5.69. The summed E-state index contributed by atoms with van der Waals surface area (Å²) in [6, 6.07) is 7.07. The van der Waals surface area contributed by atoms with E-state index in [1.54, 1.807) is 0 Å². The van der Waals surface area contributed by atoms with E-state index in [0.717, 1.165) is 53.2 Å². The molecule has 170 valence electrons. The summed E-state index contributed by atoms with van der Waals surface area (Å²) in [5.41, 5.74) is 9.99. The molecule has 1 aliphatic heterocycles. The van der Waals surface area contributed by atoms with Crippen LogP contribution in [0, 0.1) is 0 Å². The van der Waals surface area contributed by atoms with Gasteiger partial charge < -0.3 is 26.0 Å². The van der Waals surface area contributed by atoms with E-state index >= 15 is 0 Å². The molecule has 1 aliphatic carbocycles. The van der Waals surface area contributed by atoms with Crippen molar-refractivity contribution in [1.29, 1.82) is 0 Å². The number of morpholine rings is 1. The van der Waals surface area contributed by atoms with Crippen LogP contribution in [0.2, 0.25) is 0 Å². The Balaban J connectivity index is 1.58. The van der Waals surface area contributed by atoms with Gasteiger partial charge in [0.25, 0.3) is 0 Å². The summed E-state index contributed by atoms with van der Waals surface area (Å²) in [6.45, 7) is 4.44. The molecule has 2 aromatic heterocycles. The van der Waals surface area contributed by atoms with Crippen LogP contribution in [0.5, 0.6) is 0 Å². The van der Waals surface area contributed by atoms with Crippen LogP contribution in [0.3, 0.4) is 0 Å². The van der Waals surface area contributed by atoms with Crippen LogP contribution in [0.15, 0.2) is 18.2 Å². The van der Waals surface area contributed by atoms with E-state index in [1.165, 1.54) is 25.7 Å². The number of hydrogen-bond acceptors (Lipinski definition) is 8. The summed E-state index contributed by atoms with van der Waals surface area (Å²) in [5.74, 6) is 2.04. The van der Waals surface area contributed by atoms with Crippen molar-refractivity contribution in [3.05, 3.63) is 18.2 Å².